The number of nitrogens with two attached hydrogens (primary N) is 1. The fraction of sp³-hybridized carbons (Fsp3) is 0.111. The maximum Gasteiger partial charge on any atom is 0.221 e. The number of hydrogen-bond acceptors (Lipinski definition) is 7. The molecular formula is C18H19N7O. The van der Waals surface area contributed by atoms with Gasteiger partial charge in [-0.2, -0.15) is 0 Å². The maximum absolute atomic E-state index is 11.1. The number of nitrogens with one attached hydrogen (secondary N) is 3. The molecule has 0 atom stereocenters. The molecule has 2 aromatic heterocycles. The fourth-order valence-corrected chi connectivity index (χ4v) is 2.30. The lowest BCUT2D eigenvalue weighted by Crippen LogP contribution is -2.07. The minimum absolute atomic E-state index is 0.119. The summed E-state index contributed by atoms with van der Waals surface area (Å²) in [4.78, 5) is 23.7. The molecule has 0 radical (unpaired) electrons. The summed E-state index contributed by atoms with van der Waals surface area (Å²) in [7, 11) is 0. The zero-order valence-electron chi connectivity index (χ0n) is 14.4. The number of aryl methyl sites for hydroxylation is 1. The predicted molar refractivity (Wildman–Crippen MR) is 103 cm³/mol. The van der Waals surface area contributed by atoms with Crippen LogP contribution in [0.3, 0.4) is 0 Å². The molecule has 0 aliphatic rings. The molecule has 0 unspecified atom stereocenters. The molecule has 132 valence electrons. The van der Waals surface area contributed by atoms with Gasteiger partial charge >= 0.3 is 0 Å². The third kappa shape index (κ3) is 4.23. The highest BCUT2D eigenvalue weighted by atomic mass is 16.1. The van der Waals surface area contributed by atoms with E-state index in [0.717, 1.165) is 11.3 Å². The molecule has 2 heterocycles. The Bertz CT molecular complexity index is 925. The van der Waals surface area contributed by atoms with Crippen LogP contribution in [0.15, 0.2) is 48.9 Å². The summed E-state index contributed by atoms with van der Waals surface area (Å²) >= 11 is 0. The lowest BCUT2D eigenvalue weighted by atomic mass is 10.2. The van der Waals surface area contributed by atoms with Gasteiger partial charge in [0.15, 0.2) is 11.6 Å². The van der Waals surface area contributed by atoms with Gasteiger partial charge in [0.2, 0.25) is 5.91 Å². The number of carbonyl (C=O) groups is 1. The maximum atomic E-state index is 11.1. The molecule has 0 aliphatic heterocycles. The molecule has 3 aromatic rings. The van der Waals surface area contributed by atoms with E-state index in [9.17, 15) is 4.79 Å². The second kappa shape index (κ2) is 7.47. The smallest absolute Gasteiger partial charge is 0.221 e. The molecule has 8 nitrogen and oxygen atoms in total. The Hall–Kier alpha value is -3.68. The van der Waals surface area contributed by atoms with Crippen molar-refractivity contribution in [3.63, 3.8) is 0 Å². The van der Waals surface area contributed by atoms with Crippen LogP contribution in [0.4, 0.5) is 34.5 Å². The number of nitrogens with zero attached hydrogens (tertiary/aromatic N) is 3. The second-order valence-electron chi connectivity index (χ2n) is 5.71. The Labute approximate surface area is 150 Å². The van der Waals surface area contributed by atoms with Gasteiger partial charge < -0.3 is 21.7 Å². The van der Waals surface area contributed by atoms with Gasteiger partial charge in [0, 0.05) is 24.5 Å². The van der Waals surface area contributed by atoms with Gasteiger partial charge in [-0.3, -0.25) is 4.79 Å². The average Bonchev–Trinajstić information content (AvgIpc) is 2.60. The molecule has 0 aliphatic carbocycles. The first-order valence-electron chi connectivity index (χ1n) is 7.96. The fourth-order valence-electron chi connectivity index (χ4n) is 2.30. The summed E-state index contributed by atoms with van der Waals surface area (Å²) in [6.07, 6.45) is 3.13. The Morgan fingerprint density at radius 1 is 0.962 bits per heavy atom. The van der Waals surface area contributed by atoms with E-state index in [0.29, 0.717) is 28.8 Å². The van der Waals surface area contributed by atoms with Crippen LogP contribution in [0, 0.1) is 6.92 Å². The van der Waals surface area contributed by atoms with E-state index in [4.69, 9.17) is 5.73 Å². The SMILES string of the molecule is CC(=O)Nc1ccc(Nc2ncnc(Nc3cc(C)ccn3)c2N)cc1. The van der Waals surface area contributed by atoms with Crippen LogP contribution in [-0.2, 0) is 4.79 Å². The number of pyridine rings is 1. The summed E-state index contributed by atoms with van der Waals surface area (Å²) in [6, 6.07) is 11.0. The normalized spacial score (nSPS) is 10.2. The molecule has 0 saturated heterocycles. The quantitative estimate of drug-likeness (QED) is 0.558. The number of carbonyl (C=O) groups excluding carboxylic acids is 1. The zero-order valence-corrected chi connectivity index (χ0v) is 14.4. The third-order valence-corrected chi connectivity index (χ3v) is 3.51. The van der Waals surface area contributed by atoms with Crippen molar-refractivity contribution in [3.8, 4) is 0 Å². The van der Waals surface area contributed by atoms with Gasteiger partial charge in [-0.1, -0.05) is 0 Å². The van der Waals surface area contributed by atoms with E-state index in [-0.39, 0.29) is 5.91 Å². The van der Waals surface area contributed by atoms with Crippen molar-refractivity contribution >= 4 is 40.4 Å². The van der Waals surface area contributed by atoms with Gasteiger partial charge in [-0.15, -0.1) is 0 Å². The molecular weight excluding hydrogens is 330 g/mol. The summed E-state index contributed by atoms with van der Waals surface area (Å²) in [6.45, 7) is 3.44. The molecule has 5 N–H and O–H groups in total. The molecule has 8 heteroatoms. The van der Waals surface area contributed by atoms with Crippen molar-refractivity contribution in [2.45, 2.75) is 13.8 Å². The van der Waals surface area contributed by atoms with E-state index < -0.39 is 0 Å². The molecule has 1 amide bonds. The van der Waals surface area contributed by atoms with E-state index in [1.807, 2.05) is 31.2 Å². The monoisotopic (exact) mass is 349 g/mol. The Morgan fingerprint density at radius 3 is 2.27 bits per heavy atom. The number of rotatable bonds is 5. The van der Waals surface area contributed by atoms with Crippen molar-refractivity contribution < 1.29 is 4.79 Å². The van der Waals surface area contributed by atoms with Crippen LogP contribution in [0.25, 0.3) is 0 Å². The first kappa shape index (κ1) is 17.2. The summed E-state index contributed by atoms with van der Waals surface area (Å²) in [5, 5.41) is 8.95. The van der Waals surface area contributed by atoms with Crippen LogP contribution in [-0.4, -0.2) is 20.9 Å². The largest absolute Gasteiger partial charge is 0.393 e. The molecule has 3 rings (SSSR count). The molecule has 0 fully saturated rings. The van der Waals surface area contributed by atoms with Crippen LogP contribution in [0.5, 0.6) is 0 Å². The average molecular weight is 349 g/mol. The second-order valence-corrected chi connectivity index (χ2v) is 5.71. The predicted octanol–water partition coefficient (Wildman–Crippen LogP) is 3.21. The van der Waals surface area contributed by atoms with E-state index in [2.05, 4.69) is 30.9 Å². The Morgan fingerprint density at radius 2 is 1.62 bits per heavy atom. The molecule has 0 saturated carbocycles. The highest BCUT2D eigenvalue weighted by Crippen LogP contribution is 2.28. The number of hydrogen-bond donors (Lipinski definition) is 4. The first-order valence-corrected chi connectivity index (χ1v) is 7.96. The van der Waals surface area contributed by atoms with Gasteiger partial charge in [0.25, 0.3) is 0 Å². The number of amides is 1. The number of benzene rings is 1. The van der Waals surface area contributed by atoms with E-state index >= 15 is 0 Å². The highest BCUT2D eigenvalue weighted by molar-refractivity contribution is 5.89. The molecule has 1 aromatic carbocycles. The van der Waals surface area contributed by atoms with E-state index in [1.165, 1.54) is 13.3 Å². The van der Waals surface area contributed by atoms with Crippen LogP contribution in [0.1, 0.15) is 12.5 Å². The minimum atomic E-state index is -0.119. The lowest BCUT2D eigenvalue weighted by Gasteiger charge is -2.12. The zero-order chi connectivity index (χ0) is 18.5. The molecule has 0 bridgehead atoms. The number of nitrogen functional groups attached to an aromatic ring is 1. The van der Waals surface area contributed by atoms with Gasteiger partial charge in [0.1, 0.15) is 17.8 Å². The van der Waals surface area contributed by atoms with Crippen molar-refractivity contribution in [2.24, 2.45) is 0 Å². The number of anilines is 6. The van der Waals surface area contributed by atoms with Crippen molar-refractivity contribution in [1.82, 2.24) is 15.0 Å². The minimum Gasteiger partial charge on any atom is -0.393 e. The highest BCUT2D eigenvalue weighted by Gasteiger charge is 2.09. The first-order chi connectivity index (χ1) is 12.5. The molecule has 26 heavy (non-hydrogen) atoms. The van der Waals surface area contributed by atoms with Crippen molar-refractivity contribution in [3.05, 3.63) is 54.5 Å². The van der Waals surface area contributed by atoms with Crippen LogP contribution < -0.4 is 21.7 Å². The van der Waals surface area contributed by atoms with E-state index in [1.54, 1.807) is 18.3 Å². The Kier molecular flexibility index (Phi) is 4.93. The standard InChI is InChI=1S/C18H19N7O/c1-11-7-8-20-15(9-11)25-18-16(19)17(21-10-22-18)24-14-5-3-13(4-6-14)23-12(2)26/h3-10H,19H2,1-2H3,(H,23,26)(H2,20,21,22,24,25). The van der Waals surface area contributed by atoms with Crippen LogP contribution >= 0.6 is 0 Å². The van der Waals surface area contributed by atoms with Gasteiger partial charge in [-0.25, -0.2) is 15.0 Å². The third-order valence-electron chi connectivity index (χ3n) is 3.51. The molecule has 0 spiro atoms. The van der Waals surface area contributed by atoms with Gasteiger partial charge in [-0.05, 0) is 48.9 Å². The number of aromatic nitrogens is 3. The topological polar surface area (TPSA) is 118 Å². The van der Waals surface area contributed by atoms with Crippen LogP contribution in [0.2, 0.25) is 0 Å². The van der Waals surface area contributed by atoms with Crippen molar-refractivity contribution in [2.75, 3.05) is 21.7 Å². The van der Waals surface area contributed by atoms with Gasteiger partial charge in [0.05, 0.1) is 0 Å². The lowest BCUT2D eigenvalue weighted by molar-refractivity contribution is -0.114. The summed E-state index contributed by atoms with van der Waals surface area (Å²) < 4.78 is 0. The summed E-state index contributed by atoms with van der Waals surface area (Å²) in [5.74, 6) is 1.48. The summed E-state index contributed by atoms with van der Waals surface area (Å²) in [5.41, 5.74) is 9.13. The Balaban J connectivity index is 1.77. The van der Waals surface area contributed by atoms with Crippen molar-refractivity contribution in [1.29, 1.82) is 0 Å².